The number of hydrogen-bond acceptors (Lipinski definition) is 5. The van der Waals surface area contributed by atoms with Gasteiger partial charge in [0.15, 0.2) is 0 Å². The number of nitrogens with zero attached hydrogens (tertiary/aromatic N) is 1. The quantitative estimate of drug-likeness (QED) is 0.472. The highest BCUT2D eigenvalue weighted by molar-refractivity contribution is 8.00. The number of carbonyl (C=O) groups is 3. The predicted molar refractivity (Wildman–Crippen MR) is 56.6 cm³/mol. The number of thioether (sulfide) groups is 1. The van der Waals surface area contributed by atoms with E-state index < -0.39 is 18.4 Å². The van der Waals surface area contributed by atoms with Crippen molar-refractivity contribution >= 4 is 29.5 Å². The van der Waals surface area contributed by atoms with E-state index in [9.17, 15) is 14.4 Å². The fraction of sp³-hybridized carbons (Fsp3) is 0.500. The molecule has 7 nitrogen and oxygen atoms in total. The van der Waals surface area contributed by atoms with Gasteiger partial charge in [0.25, 0.3) is 0 Å². The smallest absolute Gasteiger partial charge is 0.322 e. The Kier molecular flexibility index (Phi) is 7.61. The third-order valence-corrected chi connectivity index (χ3v) is 2.08. The number of hydrogen-bond donors (Lipinski definition) is 3. The highest BCUT2D eigenvalue weighted by Crippen LogP contribution is 1.96. The Hall–Kier alpha value is -1.75. The van der Waals surface area contributed by atoms with Gasteiger partial charge in [0.05, 0.1) is 24.1 Å². The first-order valence-electron chi connectivity index (χ1n) is 4.26. The van der Waals surface area contributed by atoms with Gasteiger partial charge >= 0.3 is 5.97 Å². The van der Waals surface area contributed by atoms with Crippen molar-refractivity contribution in [2.24, 2.45) is 0 Å². The van der Waals surface area contributed by atoms with E-state index in [1.807, 2.05) is 6.07 Å². The average molecular weight is 245 g/mol. The number of nitriles is 1. The summed E-state index contributed by atoms with van der Waals surface area (Å²) in [5.41, 5.74) is 0. The molecular formula is C8H11N3O4S. The van der Waals surface area contributed by atoms with Gasteiger partial charge in [0.1, 0.15) is 6.54 Å². The second-order valence-corrected chi connectivity index (χ2v) is 3.58. The Morgan fingerprint density at radius 3 is 2.38 bits per heavy atom. The van der Waals surface area contributed by atoms with Gasteiger partial charge < -0.3 is 15.7 Å². The van der Waals surface area contributed by atoms with Gasteiger partial charge in [-0.15, -0.1) is 11.8 Å². The molecular weight excluding hydrogens is 234 g/mol. The van der Waals surface area contributed by atoms with Crippen LogP contribution in [0.3, 0.4) is 0 Å². The molecule has 0 atom stereocenters. The number of aliphatic carboxylic acids is 1. The Bertz CT molecular complexity index is 313. The third-order valence-electron chi connectivity index (χ3n) is 1.28. The molecule has 0 aromatic rings. The molecule has 3 N–H and O–H groups in total. The van der Waals surface area contributed by atoms with Crippen molar-refractivity contribution in [2.75, 3.05) is 24.6 Å². The monoisotopic (exact) mass is 245 g/mol. The van der Waals surface area contributed by atoms with Crippen molar-refractivity contribution in [3.05, 3.63) is 0 Å². The molecule has 8 heteroatoms. The van der Waals surface area contributed by atoms with E-state index in [0.717, 1.165) is 11.8 Å². The highest BCUT2D eigenvalue weighted by Gasteiger charge is 2.06. The maximum Gasteiger partial charge on any atom is 0.322 e. The van der Waals surface area contributed by atoms with Gasteiger partial charge in [-0.1, -0.05) is 0 Å². The highest BCUT2D eigenvalue weighted by atomic mass is 32.2. The summed E-state index contributed by atoms with van der Waals surface area (Å²) >= 11 is 1.13. The first kappa shape index (κ1) is 14.2. The van der Waals surface area contributed by atoms with Crippen molar-refractivity contribution in [2.45, 2.75) is 0 Å². The number of amides is 2. The van der Waals surface area contributed by atoms with Crippen LogP contribution in [0, 0.1) is 11.3 Å². The minimum absolute atomic E-state index is 0.0970. The lowest BCUT2D eigenvalue weighted by atomic mass is 10.5. The molecule has 0 aliphatic heterocycles. The fourth-order valence-corrected chi connectivity index (χ4v) is 1.14. The molecule has 88 valence electrons. The van der Waals surface area contributed by atoms with Gasteiger partial charge in [0, 0.05) is 0 Å². The van der Waals surface area contributed by atoms with E-state index in [4.69, 9.17) is 10.4 Å². The topological polar surface area (TPSA) is 119 Å². The van der Waals surface area contributed by atoms with Crippen molar-refractivity contribution < 1.29 is 19.5 Å². The lowest BCUT2D eigenvalue weighted by Gasteiger charge is -2.04. The molecule has 0 rings (SSSR count). The van der Waals surface area contributed by atoms with Gasteiger partial charge in [-0.3, -0.25) is 14.4 Å². The maximum absolute atomic E-state index is 11.0. The van der Waals surface area contributed by atoms with Crippen molar-refractivity contribution in [1.82, 2.24) is 10.6 Å². The Morgan fingerprint density at radius 2 is 1.81 bits per heavy atom. The number of nitrogens with one attached hydrogen (secondary N) is 2. The first-order chi connectivity index (χ1) is 7.56. The Morgan fingerprint density at radius 1 is 1.19 bits per heavy atom. The third kappa shape index (κ3) is 8.83. The van der Waals surface area contributed by atoms with Gasteiger partial charge in [-0.05, 0) is 0 Å². The second kappa shape index (κ2) is 8.55. The van der Waals surface area contributed by atoms with Crippen LogP contribution in [0.5, 0.6) is 0 Å². The minimum atomic E-state index is -1.15. The van der Waals surface area contributed by atoms with E-state index in [-0.39, 0.29) is 24.0 Å². The second-order valence-electron chi connectivity index (χ2n) is 2.60. The molecule has 0 saturated carbocycles. The van der Waals surface area contributed by atoms with E-state index >= 15 is 0 Å². The van der Waals surface area contributed by atoms with Crippen LogP contribution in [0.2, 0.25) is 0 Å². The van der Waals surface area contributed by atoms with Gasteiger partial charge in [-0.2, -0.15) is 5.26 Å². The Labute approximate surface area is 96.2 Å². The first-order valence-corrected chi connectivity index (χ1v) is 5.41. The van der Waals surface area contributed by atoms with E-state index in [2.05, 4.69) is 10.6 Å². The van der Waals surface area contributed by atoms with Gasteiger partial charge in [0.2, 0.25) is 11.8 Å². The largest absolute Gasteiger partial charge is 0.480 e. The summed E-state index contributed by atoms with van der Waals surface area (Å²) < 4.78 is 0. The molecule has 0 aromatic heterocycles. The van der Waals surface area contributed by atoms with E-state index in [1.165, 1.54) is 0 Å². The molecule has 0 aromatic carbocycles. The van der Waals surface area contributed by atoms with E-state index in [1.54, 1.807) is 0 Å². The SMILES string of the molecule is N#CCSCC(=O)NCC(=O)NCC(=O)O. The predicted octanol–water partition coefficient (Wildman–Crippen LogP) is -1.44. The summed E-state index contributed by atoms with van der Waals surface area (Å²) in [7, 11) is 0. The molecule has 0 heterocycles. The fourth-order valence-electron chi connectivity index (χ4n) is 0.656. The molecule has 0 saturated heterocycles. The number of carboxylic acids is 1. The normalized spacial score (nSPS) is 8.94. The number of rotatable bonds is 7. The molecule has 0 aliphatic carbocycles. The zero-order valence-corrected chi connectivity index (χ0v) is 9.17. The molecule has 0 fully saturated rings. The molecule has 0 radical (unpaired) electrons. The van der Waals surface area contributed by atoms with Crippen LogP contribution in [-0.2, 0) is 14.4 Å². The molecule has 0 aliphatic rings. The summed E-state index contributed by atoms with van der Waals surface area (Å²) in [6, 6.07) is 1.86. The van der Waals surface area contributed by atoms with Crippen molar-refractivity contribution in [3.63, 3.8) is 0 Å². The summed E-state index contributed by atoms with van der Waals surface area (Å²) in [4.78, 5) is 32.0. The minimum Gasteiger partial charge on any atom is -0.480 e. The lowest BCUT2D eigenvalue weighted by molar-refractivity contribution is -0.137. The standard InChI is InChI=1S/C8H11N3O4S/c9-1-2-16-5-7(13)10-3-6(12)11-4-8(14)15/h2-5H2,(H,10,13)(H,11,12)(H,14,15). The summed E-state index contributed by atoms with van der Waals surface area (Å²) in [5.74, 6) is -1.78. The maximum atomic E-state index is 11.0. The Balaban J connectivity index is 3.56. The van der Waals surface area contributed by atoms with Gasteiger partial charge in [-0.25, -0.2) is 0 Å². The molecule has 2 amide bonds. The zero-order valence-electron chi connectivity index (χ0n) is 8.36. The van der Waals surface area contributed by atoms with Crippen LogP contribution in [-0.4, -0.2) is 47.5 Å². The molecule has 0 spiro atoms. The van der Waals surface area contributed by atoms with Crippen LogP contribution in [0.1, 0.15) is 0 Å². The summed E-state index contributed by atoms with van der Waals surface area (Å²) in [6.07, 6.45) is 0. The van der Waals surface area contributed by atoms with Crippen LogP contribution < -0.4 is 10.6 Å². The number of carbonyl (C=O) groups excluding carboxylic acids is 2. The van der Waals surface area contributed by atoms with Crippen molar-refractivity contribution in [1.29, 1.82) is 5.26 Å². The van der Waals surface area contributed by atoms with Crippen LogP contribution in [0.15, 0.2) is 0 Å². The molecule has 0 bridgehead atoms. The average Bonchev–Trinajstić information content (AvgIpc) is 2.24. The zero-order chi connectivity index (χ0) is 12.4. The number of carboxylic acid groups (broad SMARTS) is 1. The lowest BCUT2D eigenvalue weighted by Crippen LogP contribution is -2.39. The molecule has 0 unspecified atom stereocenters. The van der Waals surface area contributed by atoms with E-state index in [0.29, 0.717) is 0 Å². The van der Waals surface area contributed by atoms with Crippen LogP contribution in [0.4, 0.5) is 0 Å². The van der Waals surface area contributed by atoms with Crippen LogP contribution >= 0.6 is 11.8 Å². The summed E-state index contributed by atoms with van der Waals surface area (Å²) in [5, 5.41) is 20.8. The van der Waals surface area contributed by atoms with Crippen LogP contribution in [0.25, 0.3) is 0 Å². The summed E-state index contributed by atoms with van der Waals surface area (Å²) in [6.45, 7) is -0.739. The molecule has 16 heavy (non-hydrogen) atoms. The van der Waals surface area contributed by atoms with Crippen molar-refractivity contribution in [3.8, 4) is 6.07 Å².